The van der Waals surface area contributed by atoms with Gasteiger partial charge < -0.3 is 5.32 Å². The monoisotopic (exact) mass is 141 g/mol. The Morgan fingerprint density at radius 2 is 2.20 bits per heavy atom. The standard InChI is InChI=1S/C7H11NO2/c1-3-6(9)5-8-7(10)4-2/h4H,2-3,5H2,1H3,(H,8,10). The van der Waals surface area contributed by atoms with E-state index in [4.69, 9.17) is 0 Å². The fraction of sp³-hybridized carbons (Fsp3) is 0.429. The van der Waals surface area contributed by atoms with Crippen molar-refractivity contribution in [1.29, 1.82) is 0 Å². The summed E-state index contributed by atoms with van der Waals surface area (Å²) in [4.78, 5) is 21.0. The van der Waals surface area contributed by atoms with E-state index in [2.05, 4.69) is 11.9 Å². The van der Waals surface area contributed by atoms with E-state index in [9.17, 15) is 9.59 Å². The second-order valence-corrected chi connectivity index (χ2v) is 1.81. The fourth-order valence-electron chi connectivity index (χ4n) is 0.383. The third kappa shape index (κ3) is 3.83. The maximum Gasteiger partial charge on any atom is 0.243 e. The average Bonchev–Trinajstić information content (AvgIpc) is 1.99. The highest BCUT2D eigenvalue weighted by Crippen LogP contribution is 1.77. The van der Waals surface area contributed by atoms with Crippen molar-refractivity contribution in [2.24, 2.45) is 0 Å². The summed E-state index contributed by atoms with van der Waals surface area (Å²) in [6.07, 6.45) is 1.60. The van der Waals surface area contributed by atoms with Crippen molar-refractivity contribution in [3.8, 4) is 0 Å². The molecule has 0 radical (unpaired) electrons. The van der Waals surface area contributed by atoms with Gasteiger partial charge in [0, 0.05) is 6.42 Å². The van der Waals surface area contributed by atoms with E-state index in [0.717, 1.165) is 6.08 Å². The lowest BCUT2D eigenvalue weighted by molar-refractivity contribution is -0.122. The highest BCUT2D eigenvalue weighted by molar-refractivity contribution is 5.91. The molecule has 0 aromatic rings. The van der Waals surface area contributed by atoms with Crippen molar-refractivity contribution < 1.29 is 9.59 Å². The van der Waals surface area contributed by atoms with Crippen LogP contribution in [0.4, 0.5) is 0 Å². The van der Waals surface area contributed by atoms with Crippen molar-refractivity contribution in [2.45, 2.75) is 13.3 Å². The van der Waals surface area contributed by atoms with Gasteiger partial charge >= 0.3 is 0 Å². The first kappa shape index (κ1) is 8.88. The second kappa shape index (κ2) is 4.73. The zero-order chi connectivity index (χ0) is 7.98. The number of hydrogen-bond donors (Lipinski definition) is 1. The molecule has 1 amide bonds. The Morgan fingerprint density at radius 3 is 2.60 bits per heavy atom. The van der Waals surface area contributed by atoms with Gasteiger partial charge in [0.1, 0.15) is 0 Å². The number of nitrogens with one attached hydrogen (secondary N) is 1. The molecule has 0 bridgehead atoms. The molecule has 3 nitrogen and oxygen atoms in total. The maximum absolute atomic E-state index is 10.6. The number of ketones is 1. The van der Waals surface area contributed by atoms with E-state index >= 15 is 0 Å². The number of amides is 1. The third-order valence-corrected chi connectivity index (χ3v) is 1.04. The lowest BCUT2D eigenvalue weighted by atomic mass is 10.3. The lowest BCUT2D eigenvalue weighted by Crippen LogP contribution is -2.27. The van der Waals surface area contributed by atoms with E-state index in [1.54, 1.807) is 6.92 Å². The summed E-state index contributed by atoms with van der Waals surface area (Å²) in [5.74, 6) is -0.281. The van der Waals surface area contributed by atoms with E-state index < -0.39 is 0 Å². The Labute approximate surface area is 60.1 Å². The summed E-state index contributed by atoms with van der Waals surface area (Å²) in [6.45, 7) is 5.11. The van der Waals surface area contributed by atoms with Crippen LogP contribution in [0.1, 0.15) is 13.3 Å². The molecule has 0 rings (SSSR count). The van der Waals surface area contributed by atoms with Gasteiger partial charge in [-0.2, -0.15) is 0 Å². The van der Waals surface area contributed by atoms with Gasteiger partial charge in [-0.15, -0.1) is 0 Å². The molecule has 0 spiro atoms. The number of Topliss-reactive ketones (excluding diaryl/α,β-unsaturated/α-hetero) is 1. The molecule has 0 aliphatic carbocycles. The predicted molar refractivity (Wildman–Crippen MR) is 38.5 cm³/mol. The van der Waals surface area contributed by atoms with Crippen LogP contribution in [0.5, 0.6) is 0 Å². The van der Waals surface area contributed by atoms with E-state index in [-0.39, 0.29) is 18.2 Å². The average molecular weight is 141 g/mol. The van der Waals surface area contributed by atoms with Crippen molar-refractivity contribution >= 4 is 11.7 Å². The molecule has 0 aliphatic heterocycles. The molecule has 0 unspecified atom stereocenters. The minimum atomic E-state index is -0.304. The number of carbonyl (C=O) groups is 2. The molecule has 56 valence electrons. The van der Waals surface area contributed by atoms with Crippen molar-refractivity contribution in [3.05, 3.63) is 12.7 Å². The molecule has 0 aliphatic rings. The van der Waals surface area contributed by atoms with Crippen LogP contribution in [0.2, 0.25) is 0 Å². The van der Waals surface area contributed by atoms with Crippen LogP contribution in [0.3, 0.4) is 0 Å². The molecule has 0 aromatic heterocycles. The van der Waals surface area contributed by atoms with Gasteiger partial charge in [0.05, 0.1) is 6.54 Å². The van der Waals surface area contributed by atoms with Crippen molar-refractivity contribution in [3.63, 3.8) is 0 Å². The van der Waals surface area contributed by atoms with Gasteiger partial charge in [0.25, 0.3) is 0 Å². The number of hydrogen-bond acceptors (Lipinski definition) is 2. The van der Waals surface area contributed by atoms with Crippen LogP contribution in [-0.4, -0.2) is 18.2 Å². The van der Waals surface area contributed by atoms with Gasteiger partial charge in [0.15, 0.2) is 5.78 Å². The molecular weight excluding hydrogens is 130 g/mol. The zero-order valence-corrected chi connectivity index (χ0v) is 6.02. The Kier molecular flexibility index (Phi) is 4.20. The molecule has 1 N–H and O–H groups in total. The summed E-state index contributed by atoms with van der Waals surface area (Å²) in [7, 11) is 0. The first-order valence-corrected chi connectivity index (χ1v) is 3.12. The van der Waals surface area contributed by atoms with E-state index in [1.807, 2.05) is 0 Å². The SMILES string of the molecule is C=CC(=O)NCC(=O)CC. The molecule has 0 saturated carbocycles. The van der Waals surface area contributed by atoms with Crippen LogP contribution in [0.25, 0.3) is 0 Å². The second-order valence-electron chi connectivity index (χ2n) is 1.81. The van der Waals surface area contributed by atoms with Gasteiger partial charge in [-0.3, -0.25) is 9.59 Å². The van der Waals surface area contributed by atoms with Crippen LogP contribution >= 0.6 is 0 Å². The molecule has 0 saturated heterocycles. The van der Waals surface area contributed by atoms with Gasteiger partial charge in [0.2, 0.25) is 5.91 Å². The Bertz CT molecular complexity index is 152. The van der Waals surface area contributed by atoms with E-state index in [0.29, 0.717) is 6.42 Å². The molecular formula is C7H11NO2. The Balaban J connectivity index is 3.44. The Morgan fingerprint density at radius 1 is 1.60 bits per heavy atom. The minimum Gasteiger partial charge on any atom is -0.345 e. The van der Waals surface area contributed by atoms with Crippen LogP contribution in [0.15, 0.2) is 12.7 Å². The quantitative estimate of drug-likeness (QED) is 0.571. The normalized spacial score (nSPS) is 8.50. The van der Waals surface area contributed by atoms with Gasteiger partial charge in [-0.05, 0) is 6.08 Å². The van der Waals surface area contributed by atoms with Crippen molar-refractivity contribution in [1.82, 2.24) is 5.32 Å². The number of carbonyl (C=O) groups excluding carboxylic acids is 2. The highest BCUT2D eigenvalue weighted by atomic mass is 16.2. The first-order chi connectivity index (χ1) is 4.70. The fourth-order valence-corrected chi connectivity index (χ4v) is 0.383. The smallest absolute Gasteiger partial charge is 0.243 e. The van der Waals surface area contributed by atoms with Crippen LogP contribution in [0, 0.1) is 0 Å². The molecule has 0 atom stereocenters. The largest absolute Gasteiger partial charge is 0.345 e. The summed E-state index contributed by atoms with van der Waals surface area (Å²) >= 11 is 0. The summed E-state index contributed by atoms with van der Waals surface area (Å²) in [6, 6.07) is 0. The van der Waals surface area contributed by atoms with Gasteiger partial charge in [-0.1, -0.05) is 13.5 Å². The Hall–Kier alpha value is -1.12. The minimum absolute atomic E-state index is 0.0233. The van der Waals surface area contributed by atoms with Crippen molar-refractivity contribution in [2.75, 3.05) is 6.54 Å². The molecule has 3 heteroatoms. The first-order valence-electron chi connectivity index (χ1n) is 3.12. The predicted octanol–water partition coefficient (Wildman–Crippen LogP) is 0.268. The topological polar surface area (TPSA) is 46.2 Å². The summed E-state index contributed by atoms with van der Waals surface area (Å²) in [5, 5.41) is 2.38. The van der Waals surface area contributed by atoms with Crippen LogP contribution < -0.4 is 5.32 Å². The van der Waals surface area contributed by atoms with E-state index in [1.165, 1.54) is 0 Å². The van der Waals surface area contributed by atoms with Crippen LogP contribution in [-0.2, 0) is 9.59 Å². The molecule has 0 aromatic carbocycles. The van der Waals surface area contributed by atoms with Gasteiger partial charge in [-0.25, -0.2) is 0 Å². The lowest BCUT2D eigenvalue weighted by Gasteiger charge is -1.97. The number of rotatable bonds is 4. The summed E-state index contributed by atoms with van der Waals surface area (Å²) in [5.41, 5.74) is 0. The molecule has 0 heterocycles. The third-order valence-electron chi connectivity index (χ3n) is 1.04. The molecule has 0 fully saturated rings. The highest BCUT2D eigenvalue weighted by Gasteiger charge is 1.98. The maximum atomic E-state index is 10.6. The zero-order valence-electron chi connectivity index (χ0n) is 6.02. The summed E-state index contributed by atoms with van der Waals surface area (Å²) < 4.78 is 0. The molecule has 10 heavy (non-hydrogen) atoms.